The van der Waals surface area contributed by atoms with Crippen LogP contribution in [0, 0.1) is 11.3 Å². The van der Waals surface area contributed by atoms with Gasteiger partial charge in [-0.2, -0.15) is 5.26 Å². The summed E-state index contributed by atoms with van der Waals surface area (Å²) in [5.74, 6) is 0. The number of nitrogens with zero attached hydrogens (tertiary/aromatic N) is 1. The van der Waals surface area contributed by atoms with Crippen molar-refractivity contribution < 1.29 is 4.74 Å². The second-order valence-electron chi connectivity index (χ2n) is 1.57. The highest BCUT2D eigenvalue weighted by atomic mass is 32.1. The molecule has 44 valence electrons. The number of rotatable bonds is 1. The van der Waals surface area contributed by atoms with E-state index in [-0.39, 0.29) is 11.2 Å². The number of thiocarbonyl (C=S) groups is 1. The van der Waals surface area contributed by atoms with Crippen LogP contribution in [0.5, 0.6) is 0 Å². The Kier molecular flexibility index (Phi) is 3.13. The van der Waals surface area contributed by atoms with Gasteiger partial charge in [0.25, 0.3) is 5.05 Å². The van der Waals surface area contributed by atoms with Crippen LogP contribution >= 0.6 is 12.2 Å². The molecule has 0 fully saturated rings. The van der Waals surface area contributed by atoms with Crippen LogP contribution in [0.1, 0.15) is 13.8 Å². The molecule has 0 aliphatic heterocycles. The van der Waals surface area contributed by atoms with E-state index >= 15 is 0 Å². The number of hydrogen-bond donors (Lipinski definition) is 0. The standard InChI is InChI=1S/C5H7NOS/c1-4(2)7-5(8)3-6/h4H,1-2H3. The van der Waals surface area contributed by atoms with Crippen molar-refractivity contribution in [1.29, 1.82) is 5.26 Å². The summed E-state index contributed by atoms with van der Waals surface area (Å²) in [5, 5.41) is 8.08. The highest BCUT2D eigenvalue weighted by Crippen LogP contribution is 1.88. The van der Waals surface area contributed by atoms with Crippen molar-refractivity contribution in [2.45, 2.75) is 20.0 Å². The molecule has 0 aromatic carbocycles. The van der Waals surface area contributed by atoms with Gasteiger partial charge in [-0.05, 0) is 26.1 Å². The SMILES string of the molecule is CC(C)OC(=S)C#N. The molecule has 0 atom stereocenters. The van der Waals surface area contributed by atoms with Crippen LogP contribution in [0.2, 0.25) is 0 Å². The van der Waals surface area contributed by atoms with Crippen LogP contribution in [-0.4, -0.2) is 11.2 Å². The van der Waals surface area contributed by atoms with Crippen molar-refractivity contribution in [3.8, 4) is 6.07 Å². The van der Waals surface area contributed by atoms with Gasteiger partial charge >= 0.3 is 0 Å². The normalized spacial score (nSPS) is 8.25. The van der Waals surface area contributed by atoms with Gasteiger partial charge in [0.15, 0.2) is 6.07 Å². The monoisotopic (exact) mass is 129 g/mol. The minimum atomic E-state index is 0.0139. The first-order valence-electron chi connectivity index (χ1n) is 2.27. The van der Waals surface area contributed by atoms with Gasteiger partial charge in [0, 0.05) is 0 Å². The molecule has 3 heteroatoms. The lowest BCUT2D eigenvalue weighted by Gasteiger charge is -2.02. The zero-order chi connectivity index (χ0) is 6.57. The lowest BCUT2D eigenvalue weighted by atomic mass is 10.5. The molecule has 0 radical (unpaired) electrons. The Morgan fingerprint density at radius 1 is 1.75 bits per heavy atom. The molecule has 0 saturated heterocycles. The Labute approximate surface area is 54.1 Å². The molecule has 8 heavy (non-hydrogen) atoms. The third kappa shape index (κ3) is 3.57. The number of nitriles is 1. The van der Waals surface area contributed by atoms with E-state index in [0.29, 0.717) is 0 Å². The van der Waals surface area contributed by atoms with Gasteiger partial charge in [-0.1, -0.05) is 0 Å². The largest absolute Gasteiger partial charge is 0.473 e. The van der Waals surface area contributed by atoms with Crippen LogP contribution in [0.15, 0.2) is 0 Å². The Hall–Kier alpha value is -0.620. The molecule has 0 N–H and O–H groups in total. The smallest absolute Gasteiger partial charge is 0.264 e. The summed E-state index contributed by atoms with van der Waals surface area (Å²) in [4.78, 5) is 0. The van der Waals surface area contributed by atoms with Gasteiger partial charge in [-0.15, -0.1) is 0 Å². The third-order valence-corrected chi connectivity index (χ3v) is 0.622. The summed E-state index contributed by atoms with van der Waals surface area (Å²) >= 11 is 4.45. The van der Waals surface area contributed by atoms with Gasteiger partial charge in [0.05, 0.1) is 6.10 Å². The van der Waals surface area contributed by atoms with E-state index in [1.807, 2.05) is 13.8 Å². The predicted octanol–water partition coefficient (Wildman–Crippen LogP) is 1.26. The Balaban J connectivity index is 3.44. The fraction of sp³-hybridized carbons (Fsp3) is 0.600. The van der Waals surface area contributed by atoms with Crippen LogP contribution in [-0.2, 0) is 4.74 Å². The van der Waals surface area contributed by atoms with Crippen molar-refractivity contribution in [3.05, 3.63) is 0 Å². The summed E-state index contributed by atoms with van der Waals surface area (Å²) in [6.07, 6.45) is 0.0159. The van der Waals surface area contributed by atoms with Crippen molar-refractivity contribution >= 4 is 17.3 Å². The van der Waals surface area contributed by atoms with E-state index in [2.05, 4.69) is 12.2 Å². The maximum atomic E-state index is 8.07. The quantitative estimate of drug-likeness (QED) is 0.500. The number of hydrogen-bond acceptors (Lipinski definition) is 3. The zero-order valence-corrected chi connectivity index (χ0v) is 5.66. The average Bonchev–Trinajstić information content (AvgIpc) is 1.65. The Morgan fingerprint density at radius 3 is 2.38 bits per heavy atom. The average molecular weight is 129 g/mol. The Bertz CT molecular complexity index is 125. The molecule has 0 aliphatic rings. The lowest BCUT2D eigenvalue weighted by molar-refractivity contribution is 0.238. The van der Waals surface area contributed by atoms with E-state index < -0.39 is 0 Å². The molecule has 0 heterocycles. The zero-order valence-electron chi connectivity index (χ0n) is 4.84. The first-order valence-corrected chi connectivity index (χ1v) is 2.68. The first-order chi connectivity index (χ1) is 3.66. The van der Waals surface area contributed by atoms with E-state index in [0.717, 1.165) is 0 Å². The second-order valence-corrected chi connectivity index (χ2v) is 1.94. The second kappa shape index (κ2) is 3.39. The molecular weight excluding hydrogens is 122 g/mol. The van der Waals surface area contributed by atoms with E-state index in [1.54, 1.807) is 6.07 Å². The molecule has 0 rings (SSSR count). The van der Waals surface area contributed by atoms with Gasteiger partial charge in [0.1, 0.15) is 0 Å². The molecule has 2 nitrogen and oxygen atoms in total. The fourth-order valence-electron chi connectivity index (χ4n) is 0.240. The summed E-state index contributed by atoms with van der Waals surface area (Å²) in [7, 11) is 0. The Morgan fingerprint density at radius 2 is 2.25 bits per heavy atom. The first kappa shape index (κ1) is 7.38. The number of ether oxygens (including phenoxy) is 1. The summed E-state index contributed by atoms with van der Waals surface area (Å²) in [5.41, 5.74) is 0. The highest BCUT2D eigenvalue weighted by molar-refractivity contribution is 7.80. The summed E-state index contributed by atoms with van der Waals surface area (Å²) < 4.78 is 4.77. The van der Waals surface area contributed by atoms with Crippen molar-refractivity contribution in [2.75, 3.05) is 0 Å². The molecule has 0 amide bonds. The van der Waals surface area contributed by atoms with Crippen LogP contribution < -0.4 is 0 Å². The van der Waals surface area contributed by atoms with Gasteiger partial charge in [-0.3, -0.25) is 0 Å². The molecule has 0 saturated carbocycles. The topological polar surface area (TPSA) is 33.0 Å². The van der Waals surface area contributed by atoms with Gasteiger partial charge in [0.2, 0.25) is 0 Å². The highest BCUT2D eigenvalue weighted by Gasteiger charge is 1.95. The molecular formula is C5H7NOS. The maximum Gasteiger partial charge on any atom is 0.264 e. The minimum absolute atomic E-state index is 0.0139. The lowest BCUT2D eigenvalue weighted by Crippen LogP contribution is -2.06. The molecule has 0 unspecified atom stereocenters. The van der Waals surface area contributed by atoms with Crippen LogP contribution in [0.25, 0.3) is 0 Å². The third-order valence-electron chi connectivity index (χ3n) is 0.434. The molecule has 0 bridgehead atoms. The van der Waals surface area contributed by atoms with Crippen LogP contribution in [0.3, 0.4) is 0 Å². The maximum absolute atomic E-state index is 8.07. The van der Waals surface area contributed by atoms with E-state index in [4.69, 9.17) is 10.00 Å². The van der Waals surface area contributed by atoms with Gasteiger partial charge in [-0.25, -0.2) is 0 Å². The molecule has 0 aliphatic carbocycles. The van der Waals surface area contributed by atoms with Crippen molar-refractivity contribution in [2.24, 2.45) is 0 Å². The van der Waals surface area contributed by atoms with Crippen LogP contribution in [0.4, 0.5) is 0 Å². The minimum Gasteiger partial charge on any atom is -0.473 e. The molecule has 0 aromatic rings. The van der Waals surface area contributed by atoms with Crippen molar-refractivity contribution in [3.63, 3.8) is 0 Å². The predicted molar refractivity (Wildman–Crippen MR) is 34.4 cm³/mol. The summed E-state index contributed by atoms with van der Waals surface area (Å²) in [6.45, 7) is 3.65. The molecule has 0 spiro atoms. The van der Waals surface area contributed by atoms with Gasteiger partial charge < -0.3 is 4.74 Å². The van der Waals surface area contributed by atoms with Crippen molar-refractivity contribution in [1.82, 2.24) is 0 Å². The summed E-state index contributed by atoms with van der Waals surface area (Å²) in [6, 6.07) is 1.71. The fourth-order valence-corrected chi connectivity index (χ4v) is 0.433. The van der Waals surface area contributed by atoms with E-state index in [1.165, 1.54) is 0 Å². The van der Waals surface area contributed by atoms with E-state index in [9.17, 15) is 0 Å². The molecule has 0 aromatic heterocycles.